The fourth-order valence-electron chi connectivity index (χ4n) is 2.58. The minimum atomic E-state index is -0.443. The first-order valence-electron chi connectivity index (χ1n) is 7.66. The first-order chi connectivity index (χ1) is 11.1. The van der Waals surface area contributed by atoms with Crippen molar-refractivity contribution < 1.29 is 9.52 Å². The van der Waals surface area contributed by atoms with Crippen LogP contribution in [-0.2, 0) is 0 Å². The van der Waals surface area contributed by atoms with Gasteiger partial charge in [0.1, 0.15) is 0 Å². The summed E-state index contributed by atoms with van der Waals surface area (Å²) in [7, 11) is 2.14. The van der Waals surface area contributed by atoms with Crippen LogP contribution in [-0.4, -0.2) is 43.2 Å². The highest BCUT2D eigenvalue weighted by Crippen LogP contribution is 2.19. The summed E-state index contributed by atoms with van der Waals surface area (Å²) in [6, 6.07) is 9.40. The van der Waals surface area contributed by atoms with E-state index in [1.807, 2.05) is 18.2 Å². The predicted molar refractivity (Wildman–Crippen MR) is 91.7 cm³/mol. The third-order valence-corrected chi connectivity index (χ3v) is 4.07. The van der Waals surface area contributed by atoms with Crippen LogP contribution in [0.15, 0.2) is 45.8 Å². The van der Waals surface area contributed by atoms with Crippen molar-refractivity contribution in [1.29, 1.82) is 0 Å². The van der Waals surface area contributed by atoms with Gasteiger partial charge in [0.15, 0.2) is 5.76 Å². The predicted octanol–water partition coefficient (Wildman–Crippen LogP) is 2.27. The molecule has 1 aliphatic rings. The number of hydrogen-bond acceptors (Lipinski definition) is 5. The molecule has 5 heteroatoms. The molecular formula is C18H20N2O3. The van der Waals surface area contributed by atoms with Crippen LogP contribution in [0.2, 0.25) is 0 Å². The average Bonchev–Trinajstić information content (AvgIpc) is 2.57. The lowest BCUT2D eigenvalue weighted by Gasteiger charge is -2.34. The van der Waals surface area contributed by atoms with Crippen LogP contribution in [0.4, 0.5) is 5.69 Å². The maximum atomic E-state index is 11.3. The van der Waals surface area contributed by atoms with Crippen molar-refractivity contribution in [2.24, 2.45) is 0 Å². The van der Waals surface area contributed by atoms with Gasteiger partial charge in [0.25, 0.3) is 0 Å². The zero-order chi connectivity index (χ0) is 16.2. The molecule has 2 aromatic rings. The first-order valence-corrected chi connectivity index (χ1v) is 7.66. The molecule has 0 unspecified atom stereocenters. The van der Waals surface area contributed by atoms with Gasteiger partial charge in [0, 0.05) is 37.9 Å². The lowest BCUT2D eigenvalue weighted by Crippen LogP contribution is -2.44. The summed E-state index contributed by atoms with van der Waals surface area (Å²) in [6.07, 6.45) is 4.69. The van der Waals surface area contributed by atoms with E-state index in [-0.39, 0.29) is 11.5 Å². The minimum absolute atomic E-state index is 0.167. The van der Waals surface area contributed by atoms with Crippen molar-refractivity contribution in [2.75, 3.05) is 38.1 Å². The second-order valence-electron chi connectivity index (χ2n) is 5.71. The van der Waals surface area contributed by atoms with E-state index in [0.717, 1.165) is 31.7 Å². The summed E-state index contributed by atoms with van der Waals surface area (Å²) in [5.74, 6) is -0.196. The third kappa shape index (κ3) is 3.63. The molecule has 0 bridgehead atoms. The van der Waals surface area contributed by atoms with E-state index >= 15 is 0 Å². The van der Waals surface area contributed by atoms with Crippen LogP contribution < -0.4 is 10.3 Å². The molecular weight excluding hydrogens is 292 g/mol. The Morgan fingerprint density at radius 2 is 1.74 bits per heavy atom. The van der Waals surface area contributed by atoms with Gasteiger partial charge >= 0.3 is 0 Å². The largest absolute Gasteiger partial charge is 0.502 e. The molecule has 23 heavy (non-hydrogen) atoms. The number of rotatable bonds is 3. The monoisotopic (exact) mass is 312 g/mol. The summed E-state index contributed by atoms with van der Waals surface area (Å²) in [4.78, 5) is 16.0. The minimum Gasteiger partial charge on any atom is -0.502 e. The van der Waals surface area contributed by atoms with Gasteiger partial charge < -0.3 is 19.3 Å². The third-order valence-electron chi connectivity index (χ3n) is 4.07. The van der Waals surface area contributed by atoms with E-state index in [1.54, 1.807) is 6.08 Å². The van der Waals surface area contributed by atoms with Crippen molar-refractivity contribution >= 4 is 17.8 Å². The Hall–Kier alpha value is -2.53. The Morgan fingerprint density at radius 3 is 2.43 bits per heavy atom. The van der Waals surface area contributed by atoms with E-state index in [4.69, 9.17) is 4.42 Å². The Morgan fingerprint density at radius 1 is 1.04 bits per heavy atom. The highest BCUT2D eigenvalue weighted by molar-refractivity contribution is 5.70. The summed E-state index contributed by atoms with van der Waals surface area (Å²) in [5, 5.41) is 9.64. The van der Waals surface area contributed by atoms with Gasteiger partial charge in [-0.1, -0.05) is 18.2 Å². The standard InChI is InChI=1S/C18H20N2O3/c1-19-9-11-20(12-10-19)15-5-2-14(3-6-15)4-7-17-18(22)16(21)8-13-23-17/h2-8,13,22H,9-12H2,1H3/b7-4+. The quantitative estimate of drug-likeness (QED) is 0.942. The van der Waals surface area contributed by atoms with E-state index in [0.29, 0.717) is 0 Å². The van der Waals surface area contributed by atoms with Crippen LogP contribution in [0.25, 0.3) is 12.2 Å². The summed E-state index contributed by atoms with van der Waals surface area (Å²) in [6.45, 7) is 4.23. The number of nitrogens with zero attached hydrogens (tertiary/aromatic N) is 2. The van der Waals surface area contributed by atoms with Gasteiger partial charge in [-0.25, -0.2) is 0 Å². The molecule has 0 spiro atoms. The molecule has 1 aliphatic heterocycles. The molecule has 0 radical (unpaired) electrons. The molecule has 5 nitrogen and oxygen atoms in total. The van der Waals surface area contributed by atoms with Crippen LogP contribution in [0, 0.1) is 0 Å². The zero-order valence-corrected chi connectivity index (χ0v) is 13.1. The number of benzene rings is 1. The van der Waals surface area contributed by atoms with Gasteiger partial charge in [-0.2, -0.15) is 0 Å². The SMILES string of the molecule is CN1CCN(c2ccc(/C=C/c3occc(=O)c3O)cc2)CC1. The van der Waals surface area contributed by atoms with Crippen LogP contribution in [0.1, 0.15) is 11.3 Å². The van der Waals surface area contributed by atoms with Crippen molar-refractivity contribution in [2.45, 2.75) is 0 Å². The zero-order valence-electron chi connectivity index (χ0n) is 13.1. The molecule has 3 rings (SSSR count). The van der Waals surface area contributed by atoms with Gasteiger partial charge in [-0.15, -0.1) is 0 Å². The van der Waals surface area contributed by atoms with Crippen molar-refractivity contribution in [1.82, 2.24) is 4.90 Å². The topological polar surface area (TPSA) is 56.9 Å². The molecule has 0 atom stereocenters. The summed E-state index contributed by atoms with van der Waals surface area (Å²) in [5.41, 5.74) is 1.75. The Labute approximate surface area is 135 Å². The summed E-state index contributed by atoms with van der Waals surface area (Å²) >= 11 is 0. The average molecular weight is 312 g/mol. The first kappa shape index (κ1) is 15.4. The molecule has 0 aliphatic carbocycles. The molecule has 1 fully saturated rings. The molecule has 0 amide bonds. The second kappa shape index (κ2) is 6.71. The Bertz CT molecular complexity index is 742. The number of piperazine rings is 1. The van der Waals surface area contributed by atoms with Crippen molar-refractivity contribution in [3.63, 3.8) is 0 Å². The van der Waals surface area contributed by atoms with E-state index in [2.05, 4.69) is 29.0 Å². The highest BCUT2D eigenvalue weighted by atomic mass is 16.4. The number of anilines is 1. The maximum Gasteiger partial charge on any atom is 0.227 e. The molecule has 2 heterocycles. The fraction of sp³-hybridized carbons (Fsp3) is 0.278. The van der Waals surface area contributed by atoms with Crippen LogP contribution >= 0.6 is 0 Å². The number of hydrogen-bond donors (Lipinski definition) is 1. The summed E-state index contributed by atoms with van der Waals surface area (Å²) < 4.78 is 5.14. The van der Waals surface area contributed by atoms with E-state index in [9.17, 15) is 9.90 Å². The van der Waals surface area contributed by atoms with Gasteiger partial charge in [-0.05, 0) is 30.8 Å². The van der Waals surface area contributed by atoms with Crippen molar-refractivity contribution in [3.8, 4) is 5.75 Å². The van der Waals surface area contributed by atoms with Crippen molar-refractivity contribution in [3.05, 3.63) is 58.1 Å². The maximum absolute atomic E-state index is 11.3. The van der Waals surface area contributed by atoms with E-state index in [1.165, 1.54) is 18.0 Å². The van der Waals surface area contributed by atoms with E-state index < -0.39 is 5.43 Å². The molecule has 1 saturated heterocycles. The number of likely N-dealkylation sites (N-methyl/N-ethyl adjacent to an activating group) is 1. The number of aromatic hydroxyl groups is 1. The Kier molecular flexibility index (Phi) is 4.48. The van der Waals surface area contributed by atoms with Gasteiger partial charge in [0.2, 0.25) is 11.2 Å². The fourth-order valence-corrected chi connectivity index (χ4v) is 2.58. The molecule has 0 saturated carbocycles. The second-order valence-corrected chi connectivity index (χ2v) is 5.71. The highest BCUT2D eigenvalue weighted by Gasteiger charge is 2.13. The van der Waals surface area contributed by atoms with Gasteiger partial charge in [-0.3, -0.25) is 4.79 Å². The smallest absolute Gasteiger partial charge is 0.227 e. The molecule has 120 valence electrons. The molecule has 1 aromatic carbocycles. The molecule has 1 N–H and O–H groups in total. The van der Waals surface area contributed by atoms with Crippen LogP contribution in [0.3, 0.4) is 0 Å². The lowest BCUT2D eigenvalue weighted by molar-refractivity contribution is 0.313. The lowest BCUT2D eigenvalue weighted by atomic mass is 10.1. The normalized spacial score (nSPS) is 16.1. The molecule has 1 aromatic heterocycles. The van der Waals surface area contributed by atoms with Gasteiger partial charge in [0.05, 0.1) is 6.26 Å². The Balaban J connectivity index is 1.71. The van der Waals surface area contributed by atoms with Crippen LogP contribution in [0.5, 0.6) is 5.75 Å².